The number of phenolic OH excluding ortho intramolecular Hbond substituents is 2. The molecule has 5 nitrogen and oxygen atoms in total. The molecule has 0 radical (unpaired) electrons. The molecule has 0 amide bonds. The second-order valence-corrected chi connectivity index (χ2v) is 8.59. The molecule has 0 fully saturated rings. The lowest BCUT2D eigenvalue weighted by Gasteiger charge is -2.13. The smallest absolute Gasteiger partial charge is 0.307 e. The number of fused-ring (bicyclic) bond motifs is 1. The third-order valence-electron chi connectivity index (χ3n) is 5.73. The highest BCUT2D eigenvalue weighted by Crippen LogP contribution is 2.37. The Labute approximate surface area is 189 Å². The minimum Gasteiger partial charge on any atom is -0.504 e. The summed E-state index contributed by atoms with van der Waals surface area (Å²) < 4.78 is 5.88. The van der Waals surface area contributed by atoms with Crippen molar-refractivity contribution in [2.75, 3.05) is 6.61 Å². The van der Waals surface area contributed by atoms with Crippen LogP contribution in [0.25, 0.3) is 10.8 Å². The molecule has 32 heavy (non-hydrogen) atoms. The highest BCUT2D eigenvalue weighted by molar-refractivity contribution is 5.85. The number of aliphatic carboxylic acids is 1. The Morgan fingerprint density at radius 3 is 2.34 bits per heavy atom. The number of carboxylic acids is 1. The molecule has 0 saturated heterocycles. The average Bonchev–Trinajstić information content (AvgIpc) is 2.75. The second-order valence-electron chi connectivity index (χ2n) is 8.59. The van der Waals surface area contributed by atoms with Gasteiger partial charge in [-0.15, -0.1) is 0 Å². The van der Waals surface area contributed by atoms with Crippen LogP contribution in [0.5, 0.6) is 17.2 Å². The summed E-state index contributed by atoms with van der Waals surface area (Å²) in [5, 5.41) is 31.3. The first-order valence-corrected chi connectivity index (χ1v) is 11.3. The van der Waals surface area contributed by atoms with Gasteiger partial charge in [-0.05, 0) is 59.2 Å². The summed E-state index contributed by atoms with van der Waals surface area (Å²) >= 11 is 0. The van der Waals surface area contributed by atoms with Gasteiger partial charge in [-0.2, -0.15) is 0 Å². The maximum Gasteiger partial charge on any atom is 0.307 e. The lowest BCUT2D eigenvalue weighted by Crippen LogP contribution is -2.00. The summed E-state index contributed by atoms with van der Waals surface area (Å²) in [6.07, 6.45) is 4.72. The minimum absolute atomic E-state index is 0.0133. The maximum absolute atomic E-state index is 10.9. The SMILES string of the molecule is CC(C)c1ccc(CCCCCCOc2ccc3cc(CC(=O)O)ccc3c2)c(O)c1O. The standard InChI is InChI=1S/C27H32O5/c1-18(2)24-13-11-20(26(30)27(24)31)7-5-3-4-6-14-32-23-12-10-21-15-19(16-25(28)29)8-9-22(21)17-23/h8-13,15,17-18,30-31H,3-7,14,16H2,1-2H3,(H,28,29). The van der Waals surface area contributed by atoms with Gasteiger partial charge in [0.2, 0.25) is 0 Å². The van der Waals surface area contributed by atoms with Crippen molar-refractivity contribution in [1.82, 2.24) is 0 Å². The van der Waals surface area contributed by atoms with Crippen molar-refractivity contribution >= 4 is 16.7 Å². The first-order chi connectivity index (χ1) is 15.3. The second kappa shape index (κ2) is 10.9. The summed E-state index contributed by atoms with van der Waals surface area (Å²) in [6.45, 7) is 4.62. The van der Waals surface area contributed by atoms with Crippen LogP contribution >= 0.6 is 0 Å². The number of carbonyl (C=O) groups is 1. The molecule has 5 heteroatoms. The van der Waals surface area contributed by atoms with E-state index in [1.807, 2.05) is 62.4 Å². The minimum atomic E-state index is -0.830. The van der Waals surface area contributed by atoms with Gasteiger partial charge in [0.25, 0.3) is 0 Å². The summed E-state index contributed by atoms with van der Waals surface area (Å²) in [5.74, 6) is 0.190. The van der Waals surface area contributed by atoms with Gasteiger partial charge in [-0.1, -0.05) is 63.1 Å². The number of hydrogen-bond acceptors (Lipinski definition) is 4. The van der Waals surface area contributed by atoms with Gasteiger partial charge >= 0.3 is 5.97 Å². The molecule has 3 rings (SSSR count). The van der Waals surface area contributed by atoms with Crippen LogP contribution in [0, 0.1) is 0 Å². The Morgan fingerprint density at radius 1 is 0.875 bits per heavy atom. The molecule has 0 saturated carbocycles. The largest absolute Gasteiger partial charge is 0.504 e. The molecule has 3 aromatic rings. The fraction of sp³-hybridized carbons (Fsp3) is 0.370. The molecule has 170 valence electrons. The van der Waals surface area contributed by atoms with Gasteiger partial charge in [0.05, 0.1) is 13.0 Å². The number of hydrogen-bond donors (Lipinski definition) is 3. The zero-order valence-corrected chi connectivity index (χ0v) is 18.8. The molecule has 0 aliphatic rings. The summed E-state index contributed by atoms with van der Waals surface area (Å²) in [5.41, 5.74) is 2.36. The molecule has 0 heterocycles. The predicted molar refractivity (Wildman–Crippen MR) is 127 cm³/mol. The van der Waals surface area contributed by atoms with E-state index in [1.165, 1.54) is 0 Å². The van der Waals surface area contributed by atoms with E-state index in [4.69, 9.17) is 9.84 Å². The van der Waals surface area contributed by atoms with Crippen molar-refractivity contribution in [3.8, 4) is 17.2 Å². The summed E-state index contributed by atoms with van der Waals surface area (Å²) in [6, 6.07) is 15.4. The lowest BCUT2D eigenvalue weighted by atomic mass is 9.97. The Balaban J connectivity index is 1.40. The van der Waals surface area contributed by atoms with Gasteiger partial charge in [0.1, 0.15) is 5.75 Å². The average molecular weight is 437 g/mol. The summed E-state index contributed by atoms with van der Waals surface area (Å²) in [7, 11) is 0. The molecular weight excluding hydrogens is 404 g/mol. The normalized spacial score (nSPS) is 11.2. The number of aryl methyl sites for hydroxylation is 1. The van der Waals surface area contributed by atoms with Crippen LogP contribution in [-0.2, 0) is 17.6 Å². The Bertz CT molecular complexity index is 1070. The highest BCUT2D eigenvalue weighted by Gasteiger charge is 2.13. The topological polar surface area (TPSA) is 87.0 Å². The van der Waals surface area contributed by atoms with Crippen LogP contribution in [0.2, 0.25) is 0 Å². The highest BCUT2D eigenvalue weighted by atomic mass is 16.5. The Morgan fingerprint density at radius 2 is 1.59 bits per heavy atom. The molecular formula is C27H32O5. The van der Waals surface area contributed by atoms with E-state index in [0.29, 0.717) is 6.61 Å². The van der Waals surface area contributed by atoms with Crippen molar-refractivity contribution in [2.24, 2.45) is 0 Å². The maximum atomic E-state index is 10.9. The van der Waals surface area contributed by atoms with Gasteiger partial charge in [0.15, 0.2) is 11.5 Å². The first kappa shape index (κ1) is 23.5. The van der Waals surface area contributed by atoms with Gasteiger partial charge < -0.3 is 20.1 Å². The number of aromatic hydroxyl groups is 2. The van der Waals surface area contributed by atoms with Crippen LogP contribution in [-0.4, -0.2) is 27.9 Å². The van der Waals surface area contributed by atoms with E-state index in [-0.39, 0.29) is 23.8 Å². The van der Waals surface area contributed by atoms with Crippen LogP contribution in [0.4, 0.5) is 0 Å². The molecule has 0 unspecified atom stereocenters. The van der Waals surface area contributed by atoms with E-state index in [9.17, 15) is 15.0 Å². The molecule has 3 N–H and O–H groups in total. The van der Waals surface area contributed by atoms with Crippen LogP contribution in [0.3, 0.4) is 0 Å². The molecule has 0 aromatic heterocycles. The number of benzene rings is 3. The quantitative estimate of drug-likeness (QED) is 0.247. The van der Waals surface area contributed by atoms with Crippen molar-refractivity contribution in [3.63, 3.8) is 0 Å². The van der Waals surface area contributed by atoms with Gasteiger partial charge in [0, 0.05) is 5.56 Å². The van der Waals surface area contributed by atoms with Crippen LogP contribution in [0.1, 0.15) is 62.1 Å². The molecule has 0 spiro atoms. The van der Waals surface area contributed by atoms with E-state index in [2.05, 4.69) is 0 Å². The molecule has 0 atom stereocenters. The zero-order chi connectivity index (χ0) is 23.1. The van der Waals surface area contributed by atoms with E-state index < -0.39 is 5.97 Å². The Kier molecular flexibility index (Phi) is 7.98. The number of ether oxygens (including phenoxy) is 1. The summed E-state index contributed by atoms with van der Waals surface area (Å²) in [4.78, 5) is 10.9. The lowest BCUT2D eigenvalue weighted by molar-refractivity contribution is -0.136. The van der Waals surface area contributed by atoms with Crippen molar-refractivity contribution < 1.29 is 24.9 Å². The third-order valence-corrected chi connectivity index (χ3v) is 5.73. The first-order valence-electron chi connectivity index (χ1n) is 11.3. The van der Waals surface area contributed by atoms with E-state index >= 15 is 0 Å². The van der Waals surface area contributed by atoms with Crippen molar-refractivity contribution in [1.29, 1.82) is 0 Å². The van der Waals surface area contributed by atoms with E-state index in [0.717, 1.165) is 65.3 Å². The van der Waals surface area contributed by atoms with Gasteiger partial charge in [-0.25, -0.2) is 0 Å². The molecule has 0 aliphatic carbocycles. The van der Waals surface area contributed by atoms with Gasteiger partial charge in [-0.3, -0.25) is 4.79 Å². The zero-order valence-electron chi connectivity index (χ0n) is 18.8. The number of rotatable bonds is 11. The fourth-order valence-electron chi connectivity index (χ4n) is 3.91. The number of unbranched alkanes of at least 4 members (excludes halogenated alkanes) is 3. The molecule has 3 aromatic carbocycles. The van der Waals surface area contributed by atoms with Crippen molar-refractivity contribution in [3.05, 3.63) is 65.2 Å². The fourth-order valence-corrected chi connectivity index (χ4v) is 3.91. The predicted octanol–water partition coefficient (Wildman–Crippen LogP) is 6.18. The Hall–Kier alpha value is -3.21. The van der Waals surface area contributed by atoms with E-state index in [1.54, 1.807) is 0 Å². The van der Waals surface area contributed by atoms with Crippen molar-refractivity contribution in [2.45, 2.75) is 58.3 Å². The number of phenols is 2. The van der Waals surface area contributed by atoms with Crippen LogP contribution < -0.4 is 4.74 Å². The third kappa shape index (κ3) is 6.16. The van der Waals surface area contributed by atoms with Crippen LogP contribution in [0.15, 0.2) is 48.5 Å². The molecule has 0 bridgehead atoms. The molecule has 0 aliphatic heterocycles. The number of carboxylic acid groups (broad SMARTS) is 1. The monoisotopic (exact) mass is 436 g/mol.